The summed E-state index contributed by atoms with van der Waals surface area (Å²) in [6.45, 7) is 20.9. The average Bonchev–Trinajstić information content (AvgIpc) is 4.16. The molecule has 446 valence electrons. The van der Waals surface area contributed by atoms with Gasteiger partial charge in [-0.25, -0.2) is 0 Å². The summed E-state index contributed by atoms with van der Waals surface area (Å²) < 4.78 is 0. The number of nitrogens with one attached hydrogen (secondary N) is 2. The number of hydrogen-bond acceptors (Lipinski definition) is 7. The molecule has 2 aliphatic heterocycles. The molecule has 0 aliphatic carbocycles. The minimum absolute atomic E-state index is 0.00148. The Kier molecular flexibility index (Phi) is 25.0. The molecule has 6 atom stereocenters. The molecule has 2 N–H and O–H groups in total. The molecule has 0 unspecified atom stereocenters. The van der Waals surface area contributed by atoms with E-state index in [-0.39, 0.29) is 77.6 Å². The minimum Gasteiger partial charge on any atom is -0.344 e. The molecule has 0 aromatic heterocycles. The van der Waals surface area contributed by atoms with Crippen LogP contribution >= 0.6 is 0 Å². The van der Waals surface area contributed by atoms with E-state index < -0.39 is 22.8 Å². The molecule has 4 aromatic rings. The number of unbranched alkanes of at least 4 members (excludes halogenated alkanes) is 5. The summed E-state index contributed by atoms with van der Waals surface area (Å²) in [6.07, 6.45) is 10.0. The number of likely N-dealkylation sites (N-methyl/N-ethyl adjacent to an activating group) is 1. The van der Waals surface area contributed by atoms with Crippen LogP contribution in [0.4, 0.5) is 0 Å². The Hall–Kier alpha value is -6.14. The predicted octanol–water partition coefficient (Wildman–Crippen LogP) is 12.2. The van der Waals surface area contributed by atoms with Crippen LogP contribution in [0.25, 0.3) is 0 Å². The van der Waals surface area contributed by atoms with Crippen LogP contribution in [0.1, 0.15) is 186 Å². The molecule has 0 bridgehead atoms. The molecule has 82 heavy (non-hydrogen) atoms. The summed E-state index contributed by atoms with van der Waals surface area (Å²) >= 11 is 0. The Labute approximate surface area is 492 Å². The largest absolute Gasteiger partial charge is 0.344 e. The second-order valence-electron chi connectivity index (χ2n) is 25.8. The Balaban J connectivity index is 1.11. The monoisotopic (exact) mass is 1120 g/mol. The first-order valence-corrected chi connectivity index (χ1v) is 31.1. The van der Waals surface area contributed by atoms with Gasteiger partial charge in [-0.05, 0) is 92.0 Å². The van der Waals surface area contributed by atoms with Crippen LogP contribution in [0, 0.1) is 22.7 Å². The van der Waals surface area contributed by atoms with Crippen molar-refractivity contribution in [2.75, 3.05) is 46.3 Å². The lowest BCUT2D eigenvalue weighted by atomic mass is 9.76. The van der Waals surface area contributed by atoms with Gasteiger partial charge in [-0.15, -0.1) is 0 Å². The number of likely N-dealkylation sites (tertiary alicyclic amines) is 2. The third kappa shape index (κ3) is 18.7. The molecule has 2 aliphatic rings. The fourth-order valence-electron chi connectivity index (χ4n) is 12.0. The molecule has 2 saturated heterocycles. The van der Waals surface area contributed by atoms with E-state index in [1.54, 1.807) is 7.05 Å². The summed E-state index contributed by atoms with van der Waals surface area (Å²) in [5.41, 5.74) is 3.59. The number of hydrogen-bond donors (Lipinski definition) is 2. The zero-order chi connectivity index (χ0) is 59.4. The summed E-state index contributed by atoms with van der Waals surface area (Å²) in [5.74, 6) is -0.809. The minimum atomic E-state index is -0.687. The summed E-state index contributed by atoms with van der Waals surface area (Å²) in [5, 5.41) is 6.17. The van der Waals surface area contributed by atoms with Crippen molar-refractivity contribution >= 4 is 35.3 Å². The highest BCUT2D eigenvalue weighted by atomic mass is 16.2. The van der Waals surface area contributed by atoms with Crippen molar-refractivity contribution in [1.82, 2.24) is 30.2 Å². The zero-order valence-electron chi connectivity index (χ0n) is 51.5. The lowest BCUT2D eigenvalue weighted by Crippen LogP contribution is -2.57. The van der Waals surface area contributed by atoms with Crippen molar-refractivity contribution in [3.63, 3.8) is 0 Å². The van der Waals surface area contributed by atoms with E-state index in [0.29, 0.717) is 58.5 Å². The van der Waals surface area contributed by atoms with E-state index in [9.17, 15) is 28.8 Å². The molecule has 0 saturated carbocycles. The summed E-state index contributed by atoms with van der Waals surface area (Å²) in [7, 11) is 1.77. The molecule has 0 spiro atoms. The van der Waals surface area contributed by atoms with Crippen LogP contribution in [0.15, 0.2) is 121 Å². The fraction of sp³-hybridized carbons (Fsp3) is 0.571. The van der Waals surface area contributed by atoms with Crippen LogP contribution in [0.3, 0.4) is 0 Å². The second-order valence-corrected chi connectivity index (χ2v) is 25.8. The molecule has 0 radical (unpaired) electrons. The highest BCUT2D eigenvalue weighted by Crippen LogP contribution is 2.36. The molecule has 4 aromatic carbocycles. The number of carbonyl (C=O) groups is 6. The van der Waals surface area contributed by atoms with Crippen LogP contribution in [-0.2, 0) is 28.8 Å². The van der Waals surface area contributed by atoms with E-state index in [0.717, 1.165) is 86.5 Å². The van der Waals surface area contributed by atoms with E-state index in [1.807, 2.05) is 155 Å². The molecule has 5 amide bonds. The quantitative estimate of drug-likeness (QED) is 0.0496. The number of ketones is 1. The van der Waals surface area contributed by atoms with Gasteiger partial charge in [-0.1, -0.05) is 202 Å². The second kappa shape index (κ2) is 31.5. The Morgan fingerprint density at radius 1 is 0.549 bits per heavy atom. The third-order valence-corrected chi connectivity index (χ3v) is 17.7. The number of nitrogens with zero attached hydrogens (tertiary/aromatic N) is 4. The van der Waals surface area contributed by atoms with E-state index in [2.05, 4.69) is 59.2 Å². The maximum atomic E-state index is 14.7. The Morgan fingerprint density at radius 2 is 0.927 bits per heavy atom. The molecular weight excluding hydrogens is 1020 g/mol. The third-order valence-electron chi connectivity index (χ3n) is 17.7. The Bertz CT molecular complexity index is 2360. The van der Waals surface area contributed by atoms with Gasteiger partial charge >= 0.3 is 0 Å². The van der Waals surface area contributed by atoms with Gasteiger partial charge in [-0.3, -0.25) is 28.8 Å². The normalized spacial score (nSPS) is 17.1. The Morgan fingerprint density at radius 3 is 1.28 bits per heavy atom. The SMILES string of the molecule is CC[C@@H](C)C(=O)N[C@H](C(=O)N1CCC[C@H]1CN(CC(c1ccccc1)c1ccccc1)C(=O)CCCCCCCCC(=O)N(CC(c1ccccc1)c1ccccc1)C[C@@H]1CCCN1C(=O)[C@@H](CC(=O)[C@H](C)NC)C(C)(C)C)C(C)(C)C. The first-order valence-electron chi connectivity index (χ1n) is 31.1. The fourth-order valence-corrected chi connectivity index (χ4v) is 12.0. The van der Waals surface area contributed by atoms with Crippen LogP contribution in [-0.4, -0.2) is 125 Å². The van der Waals surface area contributed by atoms with Crippen LogP contribution in [0.5, 0.6) is 0 Å². The smallest absolute Gasteiger partial charge is 0.246 e. The molecule has 2 fully saturated rings. The molecule has 12 heteroatoms. The topological polar surface area (TPSA) is 139 Å². The van der Waals surface area contributed by atoms with Gasteiger partial charge in [0.15, 0.2) is 0 Å². The molecule has 6 rings (SSSR count). The van der Waals surface area contributed by atoms with Gasteiger partial charge < -0.3 is 30.2 Å². The number of Topliss-reactive ketones (excluding diaryl/α,β-unsaturated/α-hetero) is 1. The van der Waals surface area contributed by atoms with Crippen molar-refractivity contribution in [2.45, 2.75) is 188 Å². The van der Waals surface area contributed by atoms with Gasteiger partial charge in [0.2, 0.25) is 29.5 Å². The average molecular weight is 1120 g/mol. The van der Waals surface area contributed by atoms with E-state index in [1.165, 1.54) is 0 Å². The molecule has 12 nitrogen and oxygen atoms in total. The maximum absolute atomic E-state index is 14.7. The van der Waals surface area contributed by atoms with E-state index >= 15 is 0 Å². The summed E-state index contributed by atoms with van der Waals surface area (Å²) in [4.78, 5) is 93.1. The van der Waals surface area contributed by atoms with Gasteiger partial charge in [0.1, 0.15) is 11.8 Å². The highest BCUT2D eigenvalue weighted by Gasteiger charge is 2.43. The lowest BCUT2D eigenvalue weighted by molar-refractivity contribution is -0.144. The number of rotatable bonds is 30. The van der Waals surface area contributed by atoms with Crippen LogP contribution in [0.2, 0.25) is 0 Å². The van der Waals surface area contributed by atoms with Gasteiger partial charge in [0.05, 0.1) is 6.04 Å². The number of carbonyl (C=O) groups excluding carboxylic acids is 6. The van der Waals surface area contributed by atoms with Crippen LogP contribution < -0.4 is 10.6 Å². The first-order chi connectivity index (χ1) is 39.2. The maximum Gasteiger partial charge on any atom is 0.246 e. The van der Waals surface area contributed by atoms with Crippen molar-refractivity contribution in [2.24, 2.45) is 22.7 Å². The standard InChI is InChI=1S/C70H100N6O6/c1-11-51(2)66(80)72-65(70(7,8)9)68(82)76-45-31-41-58(76)48-74(50-60(55-36-24-18-25-37-55)56-38-26-19-27-39-56)64(79)43-29-15-13-12-14-28-42-63(78)73(49-59(53-32-20-16-21-33-53)54-34-22-17-23-35-54)47-57-40-30-44-75(57)67(81)61(69(4,5)6)46-62(77)52(3)71-10/h16-27,32-39,51-52,57-61,65,71H,11-15,28-31,40-50H2,1-10H3,(H,72,80)/t51-,52+,57+,58+,61-,65-/m1/s1. The molecular formula is C70H100N6O6. The van der Waals surface area contributed by atoms with Crippen molar-refractivity contribution in [1.29, 1.82) is 0 Å². The van der Waals surface area contributed by atoms with Crippen molar-refractivity contribution in [3.05, 3.63) is 144 Å². The van der Waals surface area contributed by atoms with Crippen molar-refractivity contribution in [3.8, 4) is 0 Å². The summed E-state index contributed by atoms with van der Waals surface area (Å²) in [6, 6.07) is 40.1. The number of amides is 5. The lowest BCUT2D eigenvalue weighted by Gasteiger charge is -2.38. The first kappa shape index (κ1) is 65.0. The molecule has 2 heterocycles. The van der Waals surface area contributed by atoms with Gasteiger partial charge in [0.25, 0.3) is 0 Å². The van der Waals surface area contributed by atoms with Gasteiger partial charge in [-0.2, -0.15) is 0 Å². The predicted molar refractivity (Wildman–Crippen MR) is 331 cm³/mol. The zero-order valence-corrected chi connectivity index (χ0v) is 51.5. The van der Waals surface area contributed by atoms with E-state index in [4.69, 9.17) is 0 Å². The van der Waals surface area contributed by atoms with Crippen molar-refractivity contribution < 1.29 is 28.8 Å². The van der Waals surface area contributed by atoms with Gasteiger partial charge in [0, 0.05) is 94.3 Å². The number of benzene rings is 4. The highest BCUT2D eigenvalue weighted by molar-refractivity contribution is 5.91.